The zero-order chi connectivity index (χ0) is 15.2. The number of hydrogen-bond acceptors (Lipinski definition) is 3. The van der Waals surface area contributed by atoms with Crippen LogP contribution in [-0.4, -0.2) is 44.7 Å². The number of halogens is 1. The van der Waals surface area contributed by atoms with Crippen LogP contribution in [0.5, 0.6) is 5.75 Å². The first-order valence-corrected chi connectivity index (χ1v) is 8.89. The van der Waals surface area contributed by atoms with Gasteiger partial charge in [0.1, 0.15) is 5.75 Å². The highest BCUT2D eigenvalue weighted by Crippen LogP contribution is 2.24. The second-order valence-electron chi connectivity index (χ2n) is 6.99. The van der Waals surface area contributed by atoms with Gasteiger partial charge < -0.3 is 15.0 Å². The molecule has 2 saturated heterocycles. The Morgan fingerprint density at radius 2 is 1.65 bits per heavy atom. The Hall–Kier alpha value is -0.770. The molecule has 1 aromatic carbocycles. The zero-order valence-electron chi connectivity index (χ0n) is 14.3. The van der Waals surface area contributed by atoms with E-state index >= 15 is 0 Å². The molecule has 1 aromatic rings. The number of nitrogens with one attached hydrogen (secondary N) is 1. The molecule has 2 aliphatic heterocycles. The Labute approximate surface area is 147 Å². The molecule has 3 nitrogen and oxygen atoms in total. The van der Waals surface area contributed by atoms with Crippen LogP contribution in [0.15, 0.2) is 24.3 Å². The van der Waals surface area contributed by atoms with Gasteiger partial charge in [0.2, 0.25) is 0 Å². The maximum absolute atomic E-state index is 5.23. The average Bonchev–Trinajstić information content (AvgIpc) is 2.58. The Kier molecular flexibility index (Phi) is 7.68. The number of piperidine rings is 2. The molecule has 0 amide bonds. The molecular weight excluding hydrogens is 308 g/mol. The van der Waals surface area contributed by atoms with E-state index in [-0.39, 0.29) is 12.4 Å². The minimum atomic E-state index is 0. The minimum Gasteiger partial charge on any atom is -0.497 e. The fourth-order valence-corrected chi connectivity index (χ4v) is 3.90. The van der Waals surface area contributed by atoms with E-state index in [1.807, 2.05) is 0 Å². The first-order chi connectivity index (χ1) is 10.8. The normalized spacial score (nSPS) is 20.9. The van der Waals surface area contributed by atoms with E-state index in [1.165, 1.54) is 70.4 Å². The van der Waals surface area contributed by atoms with Crippen molar-refractivity contribution in [2.75, 3.05) is 39.8 Å². The van der Waals surface area contributed by atoms with E-state index in [4.69, 9.17) is 4.74 Å². The van der Waals surface area contributed by atoms with Crippen molar-refractivity contribution in [1.82, 2.24) is 10.2 Å². The Morgan fingerprint density at radius 1 is 1.00 bits per heavy atom. The third-order valence-electron chi connectivity index (χ3n) is 5.37. The number of benzene rings is 1. The van der Waals surface area contributed by atoms with E-state index in [9.17, 15) is 0 Å². The molecule has 0 saturated carbocycles. The van der Waals surface area contributed by atoms with Crippen molar-refractivity contribution in [3.05, 3.63) is 29.8 Å². The summed E-state index contributed by atoms with van der Waals surface area (Å²) in [6.45, 7) is 6.36. The van der Waals surface area contributed by atoms with Crippen molar-refractivity contribution in [3.63, 3.8) is 0 Å². The molecule has 0 aromatic heterocycles. The van der Waals surface area contributed by atoms with E-state index in [1.54, 1.807) is 7.11 Å². The quantitative estimate of drug-likeness (QED) is 0.890. The Balaban J connectivity index is 0.00000192. The van der Waals surface area contributed by atoms with Crippen molar-refractivity contribution in [1.29, 1.82) is 0 Å². The molecule has 4 heteroatoms. The van der Waals surface area contributed by atoms with Crippen molar-refractivity contribution < 1.29 is 4.74 Å². The Morgan fingerprint density at radius 3 is 2.26 bits per heavy atom. The summed E-state index contributed by atoms with van der Waals surface area (Å²) in [4.78, 5) is 2.71. The van der Waals surface area contributed by atoms with Crippen molar-refractivity contribution in [2.45, 2.75) is 32.1 Å². The molecule has 0 aliphatic carbocycles. The molecule has 0 spiro atoms. The predicted molar refractivity (Wildman–Crippen MR) is 98.7 cm³/mol. The lowest BCUT2D eigenvalue weighted by molar-refractivity contribution is 0.148. The summed E-state index contributed by atoms with van der Waals surface area (Å²) in [6.07, 6.45) is 6.68. The van der Waals surface area contributed by atoms with Gasteiger partial charge in [-0.2, -0.15) is 0 Å². The molecule has 23 heavy (non-hydrogen) atoms. The number of hydrogen-bond donors (Lipinski definition) is 1. The first kappa shape index (κ1) is 18.6. The highest BCUT2D eigenvalue weighted by atomic mass is 35.5. The van der Waals surface area contributed by atoms with Crippen LogP contribution in [0.2, 0.25) is 0 Å². The molecule has 1 N–H and O–H groups in total. The molecular formula is C19H31ClN2O. The van der Waals surface area contributed by atoms with Gasteiger partial charge >= 0.3 is 0 Å². The molecule has 130 valence electrons. The lowest BCUT2D eigenvalue weighted by Crippen LogP contribution is -2.40. The third-order valence-corrected chi connectivity index (χ3v) is 5.37. The lowest BCUT2D eigenvalue weighted by atomic mass is 9.89. The number of rotatable bonds is 5. The summed E-state index contributed by atoms with van der Waals surface area (Å²) in [5, 5.41) is 3.47. The number of methoxy groups -OCH3 is 1. The van der Waals surface area contributed by atoms with Crippen LogP contribution in [0.1, 0.15) is 31.2 Å². The van der Waals surface area contributed by atoms with Crippen LogP contribution < -0.4 is 10.1 Å². The van der Waals surface area contributed by atoms with Crippen LogP contribution in [0, 0.1) is 11.8 Å². The van der Waals surface area contributed by atoms with Crippen LogP contribution >= 0.6 is 12.4 Å². The predicted octanol–water partition coefficient (Wildman–Crippen LogP) is 3.37. The summed E-state index contributed by atoms with van der Waals surface area (Å²) in [5.74, 6) is 2.75. The number of ether oxygens (including phenoxy) is 1. The molecule has 0 unspecified atom stereocenters. The maximum atomic E-state index is 5.23. The van der Waals surface area contributed by atoms with Crippen LogP contribution in [0.25, 0.3) is 0 Å². The van der Waals surface area contributed by atoms with Gasteiger partial charge in [0.25, 0.3) is 0 Å². The number of nitrogens with zero attached hydrogens (tertiary/aromatic N) is 1. The second kappa shape index (κ2) is 9.51. The standard InChI is InChI=1S/C19H30N2O.ClH/c1-22-19-4-2-16(3-5-19)14-17-8-12-21(13-9-17)15-18-6-10-20-11-7-18;/h2-5,17-18,20H,6-15H2,1H3;1H. The van der Waals surface area contributed by atoms with Crippen LogP contribution in [0.4, 0.5) is 0 Å². The van der Waals surface area contributed by atoms with Gasteiger partial charge in [0.15, 0.2) is 0 Å². The van der Waals surface area contributed by atoms with Gasteiger partial charge in [-0.15, -0.1) is 12.4 Å². The molecule has 0 radical (unpaired) electrons. The minimum absolute atomic E-state index is 0. The van der Waals surface area contributed by atoms with E-state index in [0.29, 0.717) is 0 Å². The first-order valence-electron chi connectivity index (χ1n) is 8.89. The zero-order valence-corrected chi connectivity index (χ0v) is 15.1. The average molecular weight is 339 g/mol. The molecule has 3 rings (SSSR count). The van der Waals surface area contributed by atoms with Gasteiger partial charge in [-0.3, -0.25) is 0 Å². The fourth-order valence-electron chi connectivity index (χ4n) is 3.90. The van der Waals surface area contributed by atoms with Crippen LogP contribution in [-0.2, 0) is 6.42 Å². The summed E-state index contributed by atoms with van der Waals surface area (Å²) in [7, 11) is 1.73. The highest BCUT2D eigenvalue weighted by molar-refractivity contribution is 5.85. The van der Waals surface area contributed by atoms with Gasteiger partial charge in [-0.1, -0.05) is 12.1 Å². The SMILES string of the molecule is COc1ccc(CC2CCN(CC3CCNCC3)CC2)cc1.Cl. The lowest BCUT2D eigenvalue weighted by Gasteiger charge is -2.35. The molecule has 2 fully saturated rings. The maximum Gasteiger partial charge on any atom is 0.118 e. The fraction of sp³-hybridized carbons (Fsp3) is 0.684. The molecule has 0 bridgehead atoms. The highest BCUT2D eigenvalue weighted by Gasteiger charge is 2.22. The molecule has 0 atom stereocenters. The summed E-state index contributed by atoms with van der Waals surface area (Å²) in [6, 6.07) is 8.61. The monoisotopic (exact) mass is 338 g/mol. The van der Waals surface area contributed by atoms with E-state index < -0.39 is 0 Å². The summed E-state index contributed by atoms with van der Waals surface area (Å²) < 4.78 is 5.23. The second-order valence-corrected chi connectivity index (χ2v) is 6.99. The van der Waals surface area contributed by atoms with E-state index in [2.05, 4.69) is 34.5 Å². The van der Waals surface area contributed by atoms with Gasteiger partial charge in [-0.05, 0) is 87.8 Å². The van der Waals surface area contributed by atoms with E-state index in [0.717, 1.165) is 17.6 Å². The summed E-state index contributed by atoms with van der Waals surface area (Å²) in [5.41, 5.74) is 1.46. The van der Waals surface area contributed by atoms with Crippen molar-refractivity contribution >= 4 is 12.4 Å². The number of likely N-dealkylation sites (tertiary alicyclic amines) is 1. The molecule has 2 aliphatic rings. The topological polar surface area (TPSA) is 24.5 Å². The van der Waals surface area contributed by atoms with Gasteiger partial charge in [0, 0.05) is 6.54 Å². The third kappa shape index (κ3) is 5.66. The smallest absolute Gasteiger partial charge is 0.118 e. The van der Waals surface area contributed by atoms with Crippen molar-refractivity contribution in [3.8, 4) is 5.75 Å². The van der Waals surface area contributed by atoms with Crippen LogP contribution in [0.3, 0.4) is 0 Å². The Bertz CT molecular complexity index is 437. The molecule has 2 heterocycles. The summed E-state index contributed by atoms with van der Waals surface area (Å²) >= 11 is 0. The largest absolute Gasteiger partial charge is 0.497 e. The van der Waals surface area contributed by atoms with Gasteiger partial charge in [0.05, 0.1) is 7.11 Å². The van der Waals surface area contributed by atoms with Gasteiger partial charge in [-0.25, -0.2) is 0 Å². The van der Waals surface area contributed by atoms with Crippen molar-refractivity contribution in [2.24, 2.45) is 11.8 Å².